The first-order chi connectivity index (χ1) is 7.29. The zero-order valence-corrected chi connectivity index (χ0v) is 8.51. The lowest BCUT2D eigenvalue weighted by atomic mass is 10.2. The smallest absolute Gasteiger partial charge is 0.0772 e. The van der Waals surface area contributed by atoms with Crippen LogP contribution in [0, 0.1) is 13.0 Å². The standard InChI is InChI=1S/C13H12NO/c1-11-7-5-6-10-13(11)14(15)12-8-3-2-4-9-12/h2-8,10,15H,1H3. The second kappa shape index (κ2) is 4.15. The summed E-state index contributed by atoms with van der Waals surface area (Å²) in [7, 11) is 0. The van der Waals surface area contributed by atoms with E-state index < -0.39 is 0 Å². The van der Waals surface area contributed by atoms with E-state index in [2.05, 4.69) is 6.07 Å². The molecule has 75 valence electrons. The molecule has 0 saturated heterocycles. The van der Waals surface area contributed by atoms with Crippen LogP contribution in [0.1, 0.15) is 5.56 Å². The lowest BCUT2D eigenvalue weighted by Crippen LogP contribution is -2.11. The number of hydrogen-bond donors (Lipinski definition) is 1. The third-order valence-electron chi connectivity index (χ3n) is 2.26. The van der Waals surface area contributed by atoms with Crippen LogP contribution in [0.25, 0.3) is 0 Å². The molecule has 1 radical (unpaired) electrons. The van der Waals surface area contributed by atoms with E-state index in [0.717, 1.165) is 16.3 Å². The molecule has 0 amide bonds. The fourth-order valence-electron chi connectivity index (χ4n) is 1.45. The third kappa shape index (κ3) is 2.00. The molecule has 2 aromatic carbocycles. The van der Waals surface area contributed by atoms with Crippen molar-refractivity contribution in [1.29, 1.82) is 0 Å². The maximum absolute atomic E-state index is 9.97. The Hall–Kier alpha value is -1.80. The molecule has 0 saturated carbocycles. The van der Waals surface area contributed by atoms with Gasteiger partial charge in [-0.3, -0.25) is 5.21 Å². The summed E-state index contributed by atoms with van der Waals surface area (Å²) in [6.45, 7) is 1.96. The number of aryl methyl sites for hydroxylation is 1. The minimum absolute atomic E-state index is 0.645. The first-order valence-corrected chi connectivity index (χ1v) is 4.80. The predicted octanol–water partition coefficient (Wildman–Crippen LogP) is 3.32. The molecule has 0 aliphatic carbocycles. The largest absolute Gasteiger partial charge is 0.283 e. The summed E-state index contributed by atoms with van der Waals surface area (Å²) in [6, 6.07) is 18.0. The van der Waals surface area contributed by atoms with Crippen molar-refractivity contribution in [3.63, 3.8) is 0 Å². The van der Waals surface area contributed by atoms with Crippen LogP contribution in [-0.4, -0.2) is 5.21 Å². The SMILES string of the molecule is Cc1ccccc1N(O)c1[c]cccc1. The molecular formula is C13H12NO. The van der Waals surface area contributed by atoms with Gasteiger partial charge >= 0.3 is 0 Å². The van der Waals surface area contributed by atoms with Crippen molar-refractivity contribution in [2.45, 2.75) is 6.92 Å². The number of para-hydroxylation sites is 2. The second-order valence-electron chi connectivity index (χ2n) is 3.35. The van der Waals surface area contributed by atoms with Crippen LogP contribution in [0.3, 0.4) is 0 Å². The summed E-state index contributed by atoms with van der Waals surface area (Å²) >= 11 is 0. The molecule has 1 N–H and O–H groups in total. The summed E-state index contributed by atoms with van der Waals surface area (Å²) in [5, 5.41) is 11.1. The zero-order chi connectivity index (χ0) is 10.7. The van der Waals surface area contributed by atoms with Crippen molar-refractivity contribution < 1.29 is 5.21 Å². The van der Waals surface area contributed by atoms with E-state index in [1.54, 1.807) is 6.07 Å². The van der Waals surface area contributed by atoms with Crippen molar-refractivity contribution in [2.75, 3.05) is 5.06 Å². The summed E-state index contributed by atoms with van der Waals surface area (Å²) in [5.41, 5.74) is 2.45. The molecule has 0 bridgehead atoms. The Morgan fingerprint density at radius 2 is 1.80 bits per heavy atom. The molecule has 0 atom stereocenters. The maximum atomic E-state index is 9.97. The quantitative estimate of drug-likeness (QED) is 0.748. The van der Waals surface area contributed by atoms with E-state index in [1.165, 1.54) is 0 Å². The molecule has 0 aromatic heterocycles. The highest BCUT2D eigenvalue weighted by Crippen LogP contribution is 2.25. The minimum atomic E-state index is 0.645. The number of nitrogens with zero attached hydrogens (tertiary/aromatic N) is 1. The highest BCUT2D eigenvalue weighted by Gasteiger charge is 2.07. The minimum Gasteiger partial charge on any atom is -0.283 e. The highest BCUT2D eigenvalue weighted by molar-refractivity contribution is 5.62. The van der Waals surface area contributed by atoms with Crippen LogP contribution in [0.5, 0.6) is 0 Å². The number of hydrogen-bond acceptors (Lipinski definition) is 2. The monoisotopic (exact) mass is 198 g/mol. The zero-order valence-electron chi connectivity index (χ0n) is 8.51. The van der Waals surface area contributed by atoms with Crippen LogP contribution >= 0.6 is 0 Å². The molecular weight excluding hydrogens is 186 g/mol. The highest BCUT2D eigenvalue weighted by atomic mass is 16.5. The van der Waals surface area contributed by atoms with Crippen LogP contribution < -0.4 is 5.06 Å². The van der Waals surface area contributed by atoms with Crippen molar-refractivity contribution in [2.24, 2.45) is 0 Å². The van der Waals surface area contributed by atoms with Gasteiger partial charge in [-0.25, -0.2) is 5.06 Å². The van der Waals surface area contributed by atoms with Gasteiger partial charge in [-0.15, -0.1) is 0 Å². The van der Waals surface area contributed by atoms with E-state index in [1.807, 2.05) is 49.4 Å². The average Bonchev–Trinajstić information content (AvgIpc) is 2.30. The van der Waals surface area contributed by atoms with Crippen molar-refractivity contribution in [1.82, 2.24) is 0 Å². The summed E-state index contributed by atoms with van der Waals surface area (Å²) in [6.07, 6.45) is 0. The molecule has 2 heteroatoms. The molecule has 2 nitrogen and oxygen atoms in total. The van der Waals surface area contributed by atoms with Gasteiger partial charge in [-0.1, -0.05) is 36.4 Å². The maximum Gasteiger partial charge on any atom is 0.0772 e. The van der Waals surface area contributed by atoms with Crippen molar-refractivity contribution >= 4 is 11.4 Å². The van der Waals surface area contributed by atoms with Gasteiger partial charge in [0.25, 0.3) is 0 Å². The Morgan fingerprint density at radius 3 is 2.47 bits per heavy atom. The Kier molecular flexibility index (Phi) is 2.70. The normalized spacial score (nSPS) is 10.0. The summed E-state index contributed by atoms with van der Waals surface area (Å²) in [5.74, 6) is 0. The van der Waals surface area contributed by atoms with E-state index in [9.17, 15) is 5.21 Å². The van der Waals surface area contributed by atoms with Crippen LogP contribution in [0.4, 0.5) is 11.4 Å². The van der Waals surface area contributed by atoms with Gasteiger partial charge in [0.2, 0.25) is 0 Å². The first-order valence-electron chi connectivity index (χ1n) is 4.80. The topological polar surface area (TPSA) is 23.5 Å². The van der Waals surface area contributed by atoms with Gasteiger partial charge in [0.1, 0.15) is 0 Å². The fourth-order valence-corrected chi connectivity index (χ4v) is 1.45. The van der Waals surface area contributed by atoms with Crippen LogP contribution in [-0.2, 0) is 0 Å². The van der Waals surface area contributed by atoms with Gasteiger partial charge in [0.15, 0.2) is 0 Å². The van der Waals surface area contributed by atoms with Gasteiger partial charge in [-0.2, -0.15) is 0 Å². The summed E-state index contributed by atoms with van der Waals surface area (Å²) < 4.78 is 0. The molecule has 0 fully saturated rings. The molecule has 2 aromatic rings. The Balaban J connectivity index is 2.37. The second-order valence-corrected chi connectivity index (χ2v) is 3.35. The molecule has 0 unspecified atom stereocenters. The van der Waals surface area contributed by atoms with E-state index in [-0.39, 0.29) is 0 Å². The Labute approximate surface area is 89.4 Å². The molecule has 2 rings (SSSR count). The molecule has 0 aliphatic heterocycles. The Morgan fingerprint density at radius 1 is 1.07 bits per heavy atom. The van der Waals surface area contributed by atoms with Gasteiger partial charge in [0, 0.05) is 6.07 Å². The molecule has 0 heterocycles. The van der Waals surface area contributed by atoms with Crippen molar-refractivity contribution in [3.8, 4) is 0 Å². The van der Waals surface area contributed by atoms with E-state index >= 15 is 0 Å². The van der Waals surface area contributed by atoms with E-state index in [0.29, 0.717) is 5.69 Å². The number of benzene rings is 2. The average molecular weight is 198 g/mol. The molecule has 0 aliphatic rings. The predicted molar refractivity (Wildman–Crippen MR) is 60.4 cm³/mol. The fraction of sp³-hybridized carbons (Fsp3) is 0.0769. The van der Waals surface area contributed by atoms with Gasteiger partial charge in [-0.05, 0) is 24.6 Å². The lowest BCUT2D eigenvalue weighted by molar-refractivity contribution is 0.300. The van der Waals surface area contributed by atoms with Crippen LogP contribution in [0.15, 0.2) is 48.5 Å². The first kappa shape index (κ1) is 9.74. The van der Waals surface area contributed by atoms with Crippen LogP contribution in [0.2, 0.25) is 0 Å². The van der Waals surface area contributed by atoms with E-state index in [4.69, 9.17) is 0 Å². The number of anilines is 2. The van der Waals surface area contributed by atoms with Gasteiger partial charge < -0.3 is 0 Å². The Bertz CT molecular complexity index is 439. The number of rotatable bonds is 2. The molecule has 0 spiro atoms. The van der Waals surface area contributed by atoms with Gasteiger partial charge in [0.05, 0.1) is 11.4 Å². The lowest BCUT2D eigenvalue weighted by Gasteiger charge is -2.18. The van der Waals surface area contributed by atoms with Crippen molar-refractivity contribution in [3.05, 3.63) is 60.2 Å². The third-order valence-corrected chi connectivity index (χ3v) is 2.26. The summed E-state index contributed by atoms with van der Waals surface area (Å²) in [4.78, 5) is 0. The molecule has 15 heavy (non-hydrogen) atoms.